The molecule has 4 nitrogen and oxygen atoms in total. The number of nitrogens with one attached hydrogen (secondary N) is 1. The van der Waals surface area contributed by atoms with Gasteiger partial charge in [-0.3, -0.25) is 4.79 Å². The van der Waals surface area contributed by atoms with Gasteiger partial charge >= 0.3 is 0 Å². The van der Waals surface area contributed by atoms with Crippen molar-refractivity contribution in [1.82, 2.24) is 10.3 Å². The number of nitrogens with two attached hydrogens (primary N) is 1. The van der Waals surface area contributed by atoms with E-state index in [-0.39, 0.29) is 18.3 Å². The maximum absolute atomic E-state index is 11.5. The number of rotatable bonds is 5. The topological polar surface area (TPSA) is 68.0 Å². The number of carbonyl (C=O) groups excluding carboxylic acids is 1. The quantitative estimate of drug-likeness (QED) is 0.848. The molecule has 0 radical (unpaired) electrons. The predicted octanol–water partition coefficient (Wildman–Crippen LogP) is 1.62. The molecule has 1 unspecified atom stereocenters. The van der Waals surface area contributed by atoms with Crippen molar-refractivity contribution in [2.24, 2.45) is 5.73 Å². The maximum Gasteiger partial charge on any atom is 0.237 e. The van der Waals surface area contributed by atoms with Crippen LogP contribution in [0.4, 0.5) is 0 Å². The highest BCUT2D eigenvalue weighted by Gasteiger charge is 2.11. The zero-order valence-corrected chi connectivity index (χ0v) is 11.2. The highest BCUT2D eigenvalue weighted by Crippen LogP contribution is 2.07. The molecule has 0 saturated carbocycles. The average Bonchev–Trinajstić information content (AvgIpc) is 2.61. The number of hydrogen-bond acceptors (Lipinski definition) is 4. The third kappa shape index (κ3) is 4.92. The van der Waals surface area contributed by atoms with Gasteiger partial charge in [-0.1, -0.05) is 13.3 Å². The first-order valence-electron chi connectivity index (χ1n) is 5.07. The van der Waals surface area contributed by atoms with Crippen LogP contribution >= 0.6 is 23.7 Å². The number of thiazole rings is 1. The Hall–Kier alpha value is -0.650. The number of aromatic nitrogens is 1. The van der Waals surface area contributed by atoms with Crippen molar-refractivity contribution >= 4 is 29.7 Å². The first-order chi connectivity index (χ1) is 7.13. The lowest BCUT2D eigenvalue weighted by atomic mass is 10.2. The molecule has 1 atom stereocenters. The Morgan fingerprint density at radius 1 is 1.69 bits per heavy atom. The van der Waals surface area contributed by atoms with Crippen molar-refractivity contribution in [3.63, 3.8) is 0 Å². The molecule has 1 aromatic heterocycles. The normalized spacial score (nSPS) is 11.7. The van der Waals surface area contributed by atoms with E-state index >= 15 is 0 Å². The summed E-state index contributed by atoms with van der Waals surface area (Å²) in [7, 11) is 0. The Morgan fingerprint density at radius 3 is 2.88 bits per heavy atom. The second-order valence-corrected chi connectivity index (χ2v) is 4.44. The number of amides is 1. The van der Waals surface area contributed by atoms with Gasteiger partial charge in [-0.2, -0.15) is 0 Å². The van der Waals surface area contributed by atoms with Gasteiger partial charge in [0.1, 0.15) is 5.01 Å². The standard InChI is InChI=1S/C10H17N3OS.ClH/c1-3-4-8(11)10(14)12-5-9-13-7(2)6-15-9;/h6,8H,3-5,11H2,1-2H3,(H,12,14);1H. The summed E-state index contributed by atoms with van der Waals surface area (Å²) < 4.78 is 0. The Kier molecular flexibility index (Phi) is 7.29. The highest BCUT2D eigenvalue weighted by atomic mass is 35.5. The molecule has 92 valence electrons. The minimum absolute atomic E-state index is 0. The largest absolute Gasteiger partial charge is 0.348 e. The van der Waals surface area contributed by atoms with Gasteiger partial charge in [-0.05, 0) is 13.3 Å². The molecule has 1 amide bonds. The molecule has 0 saturated heterocycles. The molecule has 0 fully saturated rings. The van der Waals surface area contributed by atoms with E-state index in [1.54, 1.807) is 11.3 Å². The van der Waals surface area contributed by atoms with E-state index in [0.717, 1.165) is 23.5 Å². The molecular formula is C10H18ClN3OS. The zero-order chi connectivity index (χ0) is 11.3. The molecule has 0 aromatic carbocycles. The van der Waals surface area contributed by atoms with Crippen LogP contribution in [0.25, 0.3) is 0 Å². The van der Waals surface area contributed by atoms with Crippen LogP contribution in [0.5, 0.6) is 0 Å². The molecule has 0 spiro atoms. The summed E-state index contributed by atoms with van der Waals surface area (Å²) >= 11 is 1.55. The van der Waals surface area contributed by atoms with Crippen LogP contribution in [-0.4, -0.2) is 16.9 Å². The SMILES string of the molecule is CCCC(N)C(=O)NCc1nc(C)cs1.Cl. The number of halogens is 1. The molecular weight excluding hydrogens is 246 g/mol. The van der Waals surface area contributed by atoms with Crippen LogP contribution in [0, 0.1) is 6.92 Å². The summed E-state index contributed by atoms with van der Waals surface area (Å²) in [5.41, 5.74) is 6.66. The number of aryl methyl sites for hydroxylation is 1. The van der Waals surface area contributed by atoms with Crippen molar-refractivity contribution in [2.45, 2.75) is 39.3 Å². The van der Waals surface area contributed by atoms with Crippen molar-refractivity contribution in [3.8, 4) is 0 Å². The lowest BCUT2D eigenvalue weighted by Gasteiger charge is -2.09. The molecule has 1 heterocycles. The fourth-order valence-corrected chi connectivity index (χ4v) is 1.93. The predicted molar refractivity (Wildman–Crippen MR) is 68.8 cm³/mol. The smallest absolute Gasteiger partial charge is 0.237 e. The molecule has 0 aliphatic heterocycles. The van der Waals surface area contributed by atoms with Gasteiger partial charge in [0, 0.05) is 11.1 Å². The minimum atomic E-state index is -0.393. The summed E-state index contributed by atoms with van der Waals surface area (Å²) in [6.45, 7) is 4.43. The summed E-state index contributed by atoms with van der Waals surface area (Å²) in [4.78, 5) is 15.7. The molecule has 6 heteroatoms. The third-order valence-electron chi connectivity index (χ3n) is 2.02. The van der Waals surface area contributed by atoms with Gasteiger partial charge in [0.25, 0.3) is 0 Å². The Bertz CT molecular complexity index is 330. The van der Waals surface area contributed by atoms with E-state index in [4.69, 9.17) is 5.73 Å². The molecule has 1 aromatic rings. The van der Waals surface area contributed by atoms with Gasteiger partial charge in [0.05, 0.1) is 12.6 Å². The fourth-order valence-electron chi connectivity index (χ4n) is 1.22. The van der Waals surface area contributed by atoms with Crippen LogP contribution in [-0.2, 0) is 11.3 Å². The first-order valence-corrected chi connectivity index (χ1v) is 5.95. The van der Waals surface area contributed by atoms with E-state index in [2.05, 4.69) is 10.3 Å². The van der Waals surface area contributed by atoms with Gasteiger partial charge < -0.3 is 11.1 Å². The summed E-state index contributed by atoms with van der Waals surface area (Å²) in [5.74, 6) is -0.0929. The monoisotopic (exact) mass is 263 g/mol. The van der Waals surface area contributed by atoms with Crippen LogP contribution in [0.15, 0.2) is 5.38 Å². The Labute approximate surface area is 106 Å². The second-order valence-electron chi connectivity index (χ2n) is 3.50. The summed E-state index contributed by atoms with van der Waals surface area (Å²) in [5, 5.41) is 5.67. The van der Waals surface area contributed by atoms with E-state index in [1.807, 2.05) is 19.2 Å². The number of carbonyl (C=O) groups is 1. The summed E-state index contributed by atoms with van der Waals surface area (Å²) in [6.07, 6.45) is 1.65. The molecule has 0 bridgehead atoms. The molecule has 3 N–H and O–H groups in total. The van der Waals surface area contributed by atoms with Crippen LogP contribution in [0.1, 0.15) is 30.5 Å². The van der Waals surface area contributed by atoms with Crippen LogP contribution < -0.4 is 11.1 Å². The van der Waals surface area contributed by atoms with Crippen molar-refractivity contribution in [1.29, 1.82) is 0 Å². The van der Waals surface area contributed by atoms with E-state index < -0.39 is 6.04 Å². The maximum atomic E-state index is 11.5. The molecule has 0 aliphatic carbocycles. The van der Waals surface area contributed by atoms with Crippen LogP contribution in [0.2, 0.25) is 0 Å². The van der Waals surface area contributed by atoms with Gasteiger partial charge in [-0.25, -0.2) is 4.98 Å². The average molecular weight is 264 g/mol. The minimum Gasteiger partial charge on any atom is -0.348 e. The summed E-state index contributed by atoms with van der Waals surface area (Å²) in [6, 6.07) is -0.393. The fraction of sp³-hybridized carbons (Fsp3) is 0.600. The second kappa shape index (κ2) is 7.60. The van der Waals surface area contributed by atoms with Gasteiger partial charge in [0.15, 0.2) is 0 Å². The van der Waals surface area contributed by atoms with Crippen molar-refractivity contribution in [3.05, 3.63) is 16.1 Å². The van der Waals surface area contributed by atoms with E-state index in [1.165, 1.54) is 0 Å². The van der Waals surface area contributed by atoms with Gasteiger partial charge in [0.2, 0.25) is 5.91 Å². The molecule has 1 rings (SSSR count). The Balaban J connectivity index is 0.00000225. The first kappa shape index (κ1) is 15.3. The Morgan fingerprint density at radius 2 is 2.38 bits per heavy atom. The highest BCUT2D eigenvalue weighted by molar-refractivity contribution is 7.09. The third-order valence-corrected chi connectivity index (χ3v) is 2.98. The van der Waals surface area contributed by atoms with Gasteiger partial charge in [-0.15, -0.1) is 23.7 Å². The van der Waals surface area contributed by atoms with E-state index in [9.17, 15) is 4.79 Å². The molecule has 0 aliphatic rings. The van der Waals surface area contributed by atoms with Crippen LogP contribution in [0.3, 0.4) is 0 Å². The number of nitrogens with zero attached hydrogens (tertiary/aromatic N) is 1. The molecule has 16 heavy (non-hydrogen) atoms. The lowest BCUT2D eigenvalue weighted by Crippen LogP contribution is -2.40. The number of hydrogen-bond donors (Lipinski definition) is 2. The van der Waals surface area contributed by atoms with Crippen molar-refractivity contribution in [2.75, 3.05) is 0 Å². The van der Waals surface area contributed by atoms with Crippen molar-refractivity contribution < 1.29 is 4.79 Å². The lowest BCUT2D eigenvalue weighted by molar-refractivity contribution is -0.122. The zero-order valence-electron chi connectivity index (χ0n) is 9.53. The van der Waals surface area contributed by atoms with E-state index in [0.29, 0.717) is 6.54 Å².